The van der Waals surface area contributed by atoms with Crippen LogP contribution >= 0.6 is 7.60 Å². The molecule has 0 radical (unpaired) electrons. The molecular weight excluding hydrogens is 179 g/mol. The van der Waals surface area contributed by atoms with E-state index in [0.717, 1.165) is 6.08 Å². The van der Waals surface area contributed by atoms with Crippen LogP contribution in [0.25, 0.3) is 0 Å². The monoisotopic (exact) mass is 192 g/mol. The minimum absolute atomic E-state index is 0.0125. The zero-order valence-corrected chi connectivity index (χ0v) is 8.08. The Hall–Kier alpha value is -0.600. The SMILES string of the molecule is C=CC(=O)OP(=O)(O)CC(C)C. The topological polar surface area (TPSA) is 63.6 Å². The summed E-state index contributed by atoms with van der Waals surface area (Å²) < 4.78 is 15.3. The molecule has 0 saturated carbocycles. The lowest BCUT2D eigenvalue weighted by atomic mass is 10.3. The molecule has 1 N–H and O–H groups in total. The Morgan fingerprint density at radius 1 is 1.75 bits per heavy atom. The van der Waals surface area contributed by atoms with Gasteiger partial charge in [-0.2, -0.15) is 0 Å². The Kier molecular flexibility index (Phi) is 4.21. The highest BCUT2D eigenvalue weighted by atomic mass is 31.2. The van der Waals surface area contributed by atoms with Crippen molar-refractivity contribution in [2.75, 3.05) is 6.16 Å². The smallest absolute Gasteiger partial charge is 0.379 e. The van der Waals surface area contributed by atoms with Crippen LogP contribution in [0.3, 0.4) is 0 Å². The molecule has 0 bridgehead atoms. The van der Waals surface area contributed by atoms with Crippen LogP contribution in [0, 0.1) is 5.92 Å². The average molecular weight is 192 g/mol. The molecule has 4 nitrogen and oxygen atoms in total. The highest BCUT2D eigenvalue weighted by Crippen LogP contribution is 2.43. The van der Waals surface area contributed by atoms with Crippen molar-refractivity contribution < 1.29 is 18.8 Å². The van der Waals surface area contributed by atoms with Gasteiger partial charge in [-0.15, -0.1) is 0 Å². The molecule has 0 aliphatic rings. The van der Waals surface area contributed by atoms with E-state index < -0.39 is 13.6 Å². The third-order valence-electron chi connectivity index (χ3n) is 0.995. The van der Waals surface area contributed by atoms with E-state index in [2.05, 4.69) is 11.1 Å². The zero-order chi connectivity index (χ0) is 9.78. The second kappa shape index (κ2) is 4.43. The van der Waals surface area contributed by atoms with Gasteiger partial charge >= 0.3 is 13.6 Å². The molecule has 70 valence electrons. The molecule has 0 spiro atoms. The van der Waals surface area contributed by atoms with Crippen LogP contribution in [-0.2, 0) is 13.9 Å². The molecule has 0 aromatic rings. The van der Waals surface area contributed by atoms with Crippen molar-refractivity contribution in [2.24, 2.45) is 5.92 Å². The van der Waals surface area contributed by atoms with Gasteiger partial charge in [0.25, 0.3) is 0 Å². The molecule has 0 aliphatic carbocycles. The summed E-state index contributed by atoms with van der Waals surface area (Å²) in [7, 11) is -3.74. The van der Waals surface area contributed by atoms with Gasteiger partial charge < -0.3 is 9.42 Å². The first kappa shape index (κ1) is 11.4. The summed E-state index contributed by atoms with van der Waals surface area (Å²) in [6.45, 7) is 6.65. The predicted octanol–water partition coefficient (Wildman–Crippen LogP) is 1.56. The van der Waals surface area contributed by atoms with Gasteiger partial charge in [0, 0.05) is 6.08 Å². The van der Waals surface area contributed by atoms with Crippen LogP contribution in [0.4, 0.5) is 0 Å². The van der Waals surface area contributed by atoms with Crippen molar-refractivity contribution in [1.82, 2.24) is 0 Å². The largest absolute Gasteiger partial charge is 0.388 e. The number of rotatable bonds is 4. The normalized spacial score (nSPS) is 15.3. The third-order valence-corrected chi connectivity index (χ3v) is 2.65. The van der Waals surface area contributed by atoms with E-state index in [1.807, 2.05) is 0 Å². The van der Waals surface area contributed by atoms with Crippen molar-refractivity contribution in [1.29, 1.82) is 0 Å². The van der Waals surface area contributed by atoms with E-state index in [0.29, 0.717) is 0 Å². The first-order valence-corrected chi connectivity index (χ1v) is 5.31. The van der Waals surface area contributed by atoms with Crippen LogP contribution in [0.1, 0.15) is 13.8 Å². The van der Waals surface area contributed by atoms with Gasteiger partial charge in [-0.05, 0) is 5.92 Å². The van der Waals surface area contributed by atoms with Gasteiger partial charge in [-0.1, -0.05) is 20.4 Å². The average Bonchev–Trinajstić information content (AvgIpc) is 1.83. The van der Waals surface area contributed by atoms with Crippen LogP contribution in [0.5, 0.6) is 0 Å². The molecule has 0 amide bonds. The predicted molar refractivity (Wildman–Crippen MR) is 45.8 cm³/mol. The van der Waals surface area contributed by atoms with Crippen molar-refractivity contribution in [3.8, 4) is 0 Å². The summed E-state index contributed by atoms with van der Waals surface area (Å²) in [4.78, 5) is 19.6. The van der Waals surface area contributed by atoms with E-state index >= 15 is 0 Å². The van der Waals surface area contributed by atoms with E-state index in [-0.39, 0.29) is 12.1 Å². The van der Waals surface area contributed by atoms with Gasteiger partial charge in [0.15, 0.2) is 0 Å². The van der Waals surface area contributed by atoms with E-state index in [4.69, 9.17) is 4.89 Å². The fourth-order valence-electron chi connectivity index (χ4n) is 0.677. The third kappa shape index (κ3) is 5.10. The van der Waals surface area contributed by atoms with Crippen molar-refractivity contribution >= 4 is 13.6 Å². The van der Waals surface area contributed by atoms with Crippen molar-refractivity contribution in [3.63, 3.8) is 0 Å². The summed E-state index contributed by atoms with van der Waals surface area (Å²) in [5.41, 5.74) is 0. The molecule has 0 aromatic carbocycles. The van der Waals surface area contributed by atoms with E-state index in [9.17, 15) is 9.36 Å². The van der Waals surface area contributed by atoms with Gasteiger partial charge in [-0.3, -0.25) is 0 Å². The Morgan fingerprint density at radius 3 is 2.58 bits per heavy atom. The quantitative estimate of drug-likeness (QED) is 0.542. The molecule has 1 unspecified atom stereocenters. The maximum atomic E-state index is 11.1. The summed E-state index contributed by atoms with van der Waals surface area (Å²) in [5.74, 6) is -0.847. The molecule has 0 saturated heterocycles. The van der Waals surface area contributed by atoms with Crippen molar-refractivity contribution in [2.45, 2.75) is 13.8 Å². The van der Waals surface area contributed by atoms with E-state index in [1.54, 1.807) is 13.8 Å². The fraction of sp³-hybridized carbons (Fsp3) is 0.571. The molecule has 0 rings (SSSR count). The Morgan fingerprint density at radius 2 is 2.25 bits per heavy atom. The number of hydrogen-bond donors (Lipinski definition) is 1. The standard InChI is InChI=1S/C7H13O4P/c1-4-7(8)11-12(9,10)5-6(2)3/h4,6H,1,5H2,2-3H3,(H,9,10). The maximum Gasteiger partial charge on any atom is 0.379 e. The minimum atomic E-state index is -3.74. The summed E-state index contributed by atoms with van der Waals surface area (Å²) >= 11 is 0. The van der Waals surface area contributed by atoms with Crippen LogP contribution in [0.2, 0.25) is 0 Å². The summed E-state index contributed by atoms with van der Waals surface area (Å²) in [5, 5.41) is 0. The lowest BCUT2D eigenvalue weighted by Gasteiger charge is -2.11. The maximum absolute atomic E-state index is 11.1. The molecule has 0 fully saturated rings. The first-order chi connectivity index (χ1) is 5.37. The summed E-state index contributed by atoms with van der Waals surface area (Å²) in [6.07, 6.45) is 0.843. The minimum Gasteiger partial charge on any atom is -0.388 e. The highest BCUT2D eigenvalue weighted by molar-refractivity contribution is 7.53. The second-order valence-corrected chi connectivity index (χ2v) is 4.65. The molecule has 0 heterocycles. The van der Waals surface area contributed by atoms with Crippen LogP contribution < -0.4 is 0 Å². The molecule has 12 heavy (non-hydrogen) atoms. The highest BCUT2D eigenvalue weighted by Gasteiger charge is 2.23. The molecule has 1 atom stereocenters. The molecular formula is C7H13O4P. The Labute approximate surface area is 71.8 Å². The molecule has 0 aliphatic heterocycles. The Balaban J connectivity index is 4.13. The van der Waals surface area contributed by atoms with Crippen molar-refractivity contribution in [3.05, 3.63) is 12.7 Å². The van der Waals surface area contributed by atoms with E-state index in [1.165, 1.54) is 0 Å². The lowest BCUT2D eigenvalue weighted by Crippen LogP contribution is -2.04. The second-order valence-electron chi connectivity index (χ2n) is 2.83. The van der Waals surface area contributed by atoms with Gasteiger partial charge in [0.05, 0.1) is 6.16 Å². The van der Waals surface area contributed by atoms with Crippen LogP contribution in [-0.4, -0.2) is 17.0 Å². The van der Waals surface area contributed by atoms with Gasteiger partial charge in [0.2, 0.25) is 0 Å². The first-order valence-electron chi connectivity index (χ1n) is 3.55. The number of carbonyl (C=O) groups excluding carboxylic acids is 1. The number of hydrogen-bond acceptors (Lipinski definition) is 3. The van der Waals surface area contributed by atoms with Gasteiger partial charge in [-0.25, -0.2) is 9.36 Å². The number of carbonyl (C=O) groups is 1. The Bertz CT molecular complexity index is 221. The summed E-state index contributed by atoms with van der Waals surface area (Å²) in [6, 6.07) is 0. The lowest BCUT2D eigenvalue weighted by molar-refractivity contribution is -0.129. The fourth-order valence-corrected chi connectivity index (χ4v) is 2.03. The zero-order valence-electron chi connectivity index (χ0n) is 7.19. The molecule has 5 heteroatoms. The van der Waals surface area contributed by atoms with Crippen LogP contribution in [0.15, 0.2) is 12.7 Å². The van der Waals surface area contributed by atoms with Gasteiger partial charge in [0.1, 0.15) is 0 Å². The molecule has 0 aromatic heterocycles.